The third-order valence-corrected chi connectivity index (χ3v) is 2.82. The van der Waals surface area contributed by atoms with E-state index in [-0.39, 0.29) is 18.0 Å². The molecule has 2 N–H and O–H groups in total. The lowest BCUT2D eigenvalue weighted by molar-refractivity contribution is -0.122. The van der Waals surface area contributed by atoms with Crippen molar-refractivity contribution in [1.29, 1.82) is 0 Å². The lowest BCUT2D eigenvalue weighted by Crippen LogP contribution is -2.43. The highest BCUT2D eigenvalue weighted by Crippen LogP contribution is 2.13. The standard InChI is InChI=1S/C14H22N2O/c1-5-15-14(17)12(4)16-11(3)13-8-6-10(2)7-9-13/h6-9,11-12,16H,5H2,1-4H3,(H,15,17). The molecule has 1 amide bonds. The van der Waals surface area contributed by atoms with Gasteiger partial charge in [-0.15, -0.1) is 0 Å². The number of carbonyl (C=O) groups excluding carboxylic acids is 1. The molecule has 0 aliphatic rings. The molecule has 2 unspecified atom stereocenters. The Bertz CT molecular complexity index is 359. The van der Waals surface area contributed by atoms with Gasteiger partial charge in [-0.25, -0.2) is 0 Å². The number of likely N-dealkylation sites (N-methyl/N-ethyl adjacent to an activating group) is 1. The number of nitrogens with one attached hydrogen (secondary N) is 2. The van der Waals surface area contributed by atoms with Gasteiger partial charge in [0.1, 0.15) is 0 Å². The first-order valence-corrected chi connectivity index (χ1v) is 6.15. The van der Waals surface area contributed by atoms with E-state index in [2.05, 4.69) is 48.7 Å². The molecule has 1 aromatic rings. The molecule has 2 atom stereocenters. The maximum atomic E-state index is 11.6. The maximum Gasteiger partial charge on any atom is 0.236 e. The van der Waals surface area contributed by atoms with E-state index in [0.29, 0.717) is 6.54 Å². The first kappa shape index (κ1) is 13.7. The zero-order valence-electron chi connectivity index (χ0n) is 11.1. The number of carbonyl (C=O) groups is 1. The predicted octanol–water partition coefficient (Wildman–Crippen LogP) is 2.17. The van der Waals surface area contributed by atoms with Gasteiger partial charge in [-0.2, -0.15) is 0 Å². The summed E-state index contributed by atoms with van der Waals surface area (Å²) in [5.41, 5.74) is 2.45. The topological polar surface area (TPSA) is 41.1 Å². The molecule has 0 heterocycles. The number of amides is 1. The fourth-order valence-electron chi connectivity index (χ4n) is 1.73. The highest BCUT2D eigenvalue weighted by Gasteiger charge is 2.15. The molecule has 94 valence electrons. The lowest BCUT2D eigenvalue weighted by atomic mass is 10.1. The van der Waals surface area contributed by atoms with Crippen LogP contribution in [0.15, 0.2) is 24.3 Å². The van der Waals surface area contributed by atoms with Crippen LogP contribution in [-0.4, -0.2) is 18.5 Å². The molecule has 3 heteroatoms. The Kier molecular flexibility index (Phi) is 5.16. The monoisotopic (exact) mass is 234 g/mol. The van der Waals surface area contributed by atoms with Crippen molar-refractivity contribution in [2.75, 3.05) is 6.54 Å². The Labute approximate surface area is 104 Å². The summed E-state index contributed by atoms with van der Waals surface area (Å²) in [4.78, 5) is 11.6. The van der Waals surface area contributed by atoms with E-state index < -0.39 is 0 Å². The summed E-state index contributed by atoms with van der Waals surface area (Å²) in [5, 5.41) is 6.10. The van der Waals surface area contributed by atoms with E-state index in [1.54, 1.807) is 0 Å². The minimum Gasteiger partial charge on any atom is -0.355 e. The number of hydrogen-bond acceptors (Lipinski definition) is 2. The molecule has 0 saturated carbocycles. The minimum absolute atomic E-state index is 0.0476. The van der Waals surface area contributed by atoms with Crippen LogP contribution in [0.5, 0.6) is 0 Å². The molecule has 1 rings (SSSR count). The van der Waals surface area contributed by atoms with Gasteiger partial charge in [0.25, 0.3) is 0 Å². The van der Waals surface area contributed by atoms with Gasteiger partial charge >= 0.3 is 0 Å². The first-order valence-electron chi connectivity index (χ1n) is 6.15. The summed E-state index contributed by atoms with van der Waals surface area (Å²) >= 11 is 0. The summed E-state index contributed by atoms with van der Waals surface area (Å²) in [6.07, 6.45) is 0. The number of hydrogen-bond donors (Lipinski definition) is 2. The highest BCUT2D eigenvalue weighted by atomic mass is 16.2. The second kappa shape index (κ2) is 6.40. The normalized spacial score (nSPS) is 14.1. The van der Waals surface area contributed by atoms with Crippen molar-refractivity contribution < 1.29 is 4.79 Å². The Hall–Kier alpha value is -1.35. The fraction of sp³-hybridized carbons (Fsp3) is 0.500. The van der Waals surface area contributed by atoms with E-state index in [9.17, 15) is 4.79 Å². The SMILES string of the molecule is CCNC(=O)C(C)NC(C)c1ccc(C)cc1. The highest BCUT2D eigenvalue weighted by molar-refractivity contribution is 5.81. The molecule has 0 aliphatic carbocycles. The number of rotatable bonds is 5. The van der Waals surface area contributed by atoms with Gasteiger partial charge in [0.05, 0.1) is 6.04 Å². The van der Waals surface area contributed by atoms with Crippen molar-refractivity contribution >= 4 is 5.91 Å². The molecule has 17 heavy (non-hydrogen) atoms. The number of aryl methyl sites for hydroxylation is 1. The summed E-state index contributed by atoms with van der Waals surface area (Å²) in [6.45, 7) is 8.62. The van der Waals surface area contributed by atoms with Crippen molar-refractivity contribution in [3.8, 4) is 0 Å². The van der Waals surface area contributed by atoms with Gasteiger partial charge in [0.2, 0.25) is 5.91 Å². The zero-order chi connectivity index (χ0) is 12.8. The second-order valence-electron chi connectivity index (χ2n) is 4.42. The van der Waals surface area contributed by atoms with Crippen molar-refractivity contribution in [3.05, 3.63) is 35.4 Å². The molecule has 0 spiro atoms. The molecule has 0 aromatic heterocycles. The molecular formula is C14H22N2O. The molecule has 0 aliphatic heterocycles. The summed E-state index contributed by atoms with van der Waals surface area (Å²) in [6, 6.07) is 8.36. The van der Waals surface area contributed by atoms with Gasteiger partial charge in [0, 0.05) is 12.6 Å². The largest absolute Gasteiger partial charge is 0.355 e. The molecular weight excluding hydrogens is 212 g/mol. The zero-order valence-corrected chi connectivity index (χ0v) is 11.1. The average molecular weight is 234 g/mol. The third kappa shape index (κ3) is 4.19. The van der Waals surface area contributed by atoms with E-state index >= 15 is 0 Å². The Morgan fingerprint density at radius 1 is 1.24 bits per heavy atom. The van der Waals surface area contributed by atoms with Crippen LogP contribution < -0.4 is 10.6 Å². The van der Waals surface area contributed by atoms with E-state index in [1.165, 1.54) is 11.1 Å². The Balaban J connectivity index is 2.56. The average Bonchev–Trinajstić information content (AvgIpc) is 2.30. The lowest BCUT2D eigenvalue weighted by Gasteiger charge is -2.19. The summed E-state index contributed by atoms with van der Waals surface area (Å²) in [7, 11) is 0. The molecule has 0 radical (unpaired) electrons. The van der Waals surface area contributed by atoms with E-state index in [4.69, 9.17) is 0 Å². The van der Waals surface area contributed by atoms with Gasteiger partial charge in [0.15, 0.2) is 0 Å². The smallest absolute Gasteiger partial charge is 0.236 e. The van der Waals surface area contributed by atoms with Crippen LogP contribution in [0.4, 0.5) is 0 Å². The second-order valence-corrected chi connectivity index (χ2v) is 4.42. The first-order chi connectivity index (χ1) is 8.04. The van der Waals surface area contributed by atoms with Crippen molar-refractivity contribution in [3.63, 3.8) is 0 Å². The molecule has 1 aromatic carbocycles. The van der Waals surface area contributed by atoms with Gasteiger partial charge in [-0.3, -0.25) is 10.1 Å². The molecule has 0 fully saturated rings. The van der Waals surface area contributed by atoms with Crippen LogP contribution in [0.2, 0.25) is 0 Å². The van der Waals surface area contributed by atoms with Crippen LogP contribution in [0.25, 0.3) is 0 Å². The molecule has 0 bridgehead atoms. The Morgan fingerprint density at radius 3 is 2.35 bits per heavy atom. The van der Waals surface area contributed by atoms with Crippen molar-refractivity contribution in [1.82, 2.24) is 10.6 Å². The Morgan fingerprint density at radius 2 is 1.82 bits per heavy atom. The summed E-state index contributed by atoms with van der Waals surface area (Å²) in [5.74, 6) is 0.0476. The van der Waals surface area contributed by atoms with Gasteiger partial charge < -0.3 is 5.32 Å². The van der Waals surface area contributed by atoms with Crippen molar-refractivity contribution in [2.45, 2.75) is 39.8 Å². The van der Waals surface area contributed by atoms with Crippen LogP contribution in [-0.2, 0) is 4.79 Å². The van der Waals surface area contributed by atoms with Crippen LogP contribution in [0.1, 0.15) is 37.9 Å². The van der Waals surface area contributed by atoms with Crippen LogP contribution >= 0.6 is 0 Å². The van der Waals surface area contributed by atoms with E-state index in [1.807, 2.05) is 13.8 Å². The molecule has 0 saturated heterocycles. The van der Waals surface area contributed by atoms with Gasteiger partial charge in [-0.05, 0) is 33.3 Å². The maximum absolute atomic E-state index is 11.6. The predicted molar refractivity (Wildman–Crippen MR) is 70.9 cm³/mol. The van der Waals surface area contributed by atoms with Crippen LogP contribution in [0, 0.1) is 6.92 Å². The van der Waals surface area contributed by atoms with Crippen LogP contribution in [0.3, 0.4) is 0 Å². The third-order valence-electron chi connectivity index (χ3n) is 2.82. The van der Waals surface area contributed by atoms with Crippen molar-refractivity contribution in [2.24, 2.45) is 0 Å². The van der Waals surface area contributed by atoms with E-state index in [0.717, 1.165) is 0 Å². The summed E-state index contributed by atoms with van der Waals surface area (Å²) < 4.78 is 0. The number of benzene rings is 1. The van der Waals surface area contributed by atoms with Gasteiger partial charge in [-0.1, -0.05) is 29.8 Å². The fourth-order valence-corrected chi connectivity index (χ4v) is 1.73. The minimum atomic E-state index is -0.175. The quantitative estimate of drug-likeness (QED) is 0.820. The molecule has 3 nitrogen and oxygen atoms in total.